The maximum Gasteiger partial charge on any atom is 0.308 e. The largest absolute Gasteiger partial charge is 0.497 e. The Bertz CT molecular complexity index is 983. The van der Waals surface area contributed by atoms with Crippen LogP contribution in [0.4, 0.5) is 0 Å². The number of hydrogen-bond acceptors (Lipinski definition) is 7. The lowest BCUT2D eigenvalue weighted by molar-refractivity contribution is -0.148. The molecule has 0 spiro atoms. The zero-order valence-corrected chi connectivity index (χ0v) is 18.9. The van der Waals surface area contributed by atoms with Crippen LogP contribution < -0.4 is 20.1 Å². The second-order valence-electron chi connectivity index (χ2n) is 7.07. The van der Waals surface area contributed by atoms with Gasteiger partial charge in [0.05, 0.1) is 13.5 Å². The third kappa shape index (κ3) is 6.91. The molecule has 0 bridgehead atoms. The first-order valence-electron chi connectivity index (χ1n) is 10.3. The summed E-state index contributed by atoms with van der Waals surface area (Å²) in [6.45, 7) is 0.920. The summed E-state index contributed by atoms with van der Waals surface area (Å²) in [5, 5.41) is 5.40. The average Bonchev–Trinajstić information content (AvgIpc) is 2.83. The molecule has 0 radical (unpaired) electrons. The molecule has 1 heterocycles. The van der Waals surface area contributed by atoms with Gasteiger partial charge in [0.1, 0.15) is 30.8 Å². The molecule has 33 heavy (non-hydrogen) atoms. The third-order valence-electron chi connectivity index (χ3n) is 4.88. The summed E-state index contributed by atoms with van der Waals surface area (Å²) < 4.78 is 15.8. The Morgan fingerprint density at radius 3 is 2.52 bits per heavy atom. The number of carbonyl (C=O) groups excluding carboxylic acids is 3. The lowest BCUT2D eigenvalue weighted by Gasteiger charge is -2.36. The lowest BCUT2D eigenvalue weighted by Crippen LogP contribution is -2.60. The highest BCUT2D eigenvalue weighted by Gasteiger charge is 2.34. The normalized spacial score (nSPS) is 15.2. The maximum atomic E-state index is 12.5. The van der Waals surface area contributed by atoms with Gasteiger partial charge in [-0.3, -0.25) is 19.7 Å². The smallest absolute Gasteiger partial charge is 0.308 e. The molecule has 2 N–H and O–H groups in total. The number of methoxy groups -OCH3 is 1. The van der Waals surface area contributed by atoms with E-state index in [9.17, 15) is 14.4 Å². The van der Waals surface area contributed by atoms with Gasteiger partial charge >= 0.3 is 5.97 Å². The van der Waals surface area contributed by atoms with Gasteiger partial charge in [0, 0.05) is 18.7 Å². The van der Waals surface area contributed by atoms with E-state index in [2.05, 4.69) is 10.6 Å². The molecule has 1 aliphatic heterocycles. The SMILES string of the molecule is COc1ccc(C(=O)NC(=S)N2CCNC(=O)C2CC(=O)OCCOc2ccccc2)cc1. The number of ether oxygens (including phenoxy) is 3. The van der Waals surface area contributed by atoms with Gasteiger partial charge in [-0.05, 0) is 48.6 Å². The fourth-order valence-electron chi connectivity index (χ4n) is 3.19. The molecule has 0 aromatic heterocycles. The Labute approximate surface area is 197 Å². The summed E-state index contributed by atoms with van der Waals surface area (Å²) in [4.78, 5) is 38.8. The third-order valence-corrected chi connectivity index (χ3v) is 5.22. The van der Waals surface area contributed by atoms with Crippen molar-refractivity contribution in [1.29, 1.82) is 0 Å². The van der Waals surface area contributed by atoms with Gasteiger partial charge in [0.25, 0.3) is 5.91 Å². The van der Waals surface area contributed by atoms with Gasteiger partial charge in [0.2, 0.25) is 5.91 Å². The van der Waals surface area contributed by atoms with Crippen molar-refractivity contribution in [3.05, 3.63) is 60.2 Å². The number of rotatable bonds is 8. The number of piperazine rings is 1. The number of hydrogen-bond donors (Lipinski definition) is 2. The van der Waals surface area contributed by atoms with Crippen LogP contribution in [0.1, 0.15) is 16.8 Å². The molecule has 2 amide bonds. The van der Waals surface area contributed by atoms with Crippen LogP contribution in [0, 0.1) is 0 Å². The van der Waals surface area contributed by atoms with Gasteiger partial charge in [-0.15, -0.1) is 0 Å². The van der Waals surface area contributed by atoms with Crippen LogP contribution in [0.25, 0.3) is 0 Å². The van der Waals surface area contributed by atoms with E-state index in [-0.39, 0.29) is 30.7 Å². The molecular weight excluding hydrogens is 446 g/mol. The Morgan fingerprint density at radius 2 is 1.82 bits per heavy atom. The number of benzene rings is 2. The molecule has 0 saturated carbocycles. The van der Waals surface area contributed by atoms with E-state index in [1.54, 1.807) is 36.4 Å². The van der Waals surface area contributed by atoms with E-state index < -0.39 is 17.9 Å². The van der Waals surface area contributed by atoms with Crippen LogP contribution in [0.5, 0.6) is 11.5 Å². The van der Waals surface area contributed by atoms with Crippen molar-refractivity contribution in [2.24, 2.45) is 0 Å². The fourth-order valence-corrected chi connectivity index (χ4v) is 3.50. The van der Waals surface area contributed by atoms with E-state index >= 15 is 0 Å². The molecule has 2 aromatic carbocycles. The van der Waals surface area contributed by atoms with Crippen LogP contribution in [-0.4, -0.2) is 67.3 Å². The molecule has 1 atom stereocenters. The molecule has 1 fully saturated rings. The maximum absolute atomic E-state index is 12.5. The Balaban J connectivity index is 1.52. The predicted molar refractivity (Wildman–Crippen MR) is 124 cm³/mol. The van der Waals surface area contributed by atoms with Crippen molar-refractivity contribution in [2.45, 2.75) is 12.5 Å². The molecule has 1 unspecified atom stereocenters. The summed E-state index contributed by atoms with van der Waals surface area (Å²) in [6.07, 6.45) is -0.213. The molecule has 3 rings (SSSR count). The van der Waals surface area contributed by atoms with Crippen molar-refractivity contribution >= 4 is 35.1 Å². The average molecular weight is 472 g/mol. The number of nitrogens with zero attached hydrogens (tertiary/aromatic N) is 1. The minimum absolute atomic E-state index is 0.0424. The Kier molecular flexibility index (Phi) is 8.59. The first kappa shape index (κ1) is 24.0. The van der Waals surface area contributed by atoms with Gasteiger partial charge in [0.15, 0.2) is 5.11 Å². The zero-order valence-electron chi connectivity index (χ0n) is 18.1. The number of amides is 2. The van der Waals surface area contributed by atoms with Crippen LogP contribution >= 0.6 is 12.2 Å². The Morgan fingerprint density at radius 1 is 1.09 bits per heavy atom. The first-order chi connectivity index (χ1) is 16.0. The van der Waals surface area contributed by atoms with Crippen molar-refractivity contribution in [3.63, 3.8) is 0 Å². The molecule has 2 aromatic rings. The van der Waals surface area contributed by atoms with Crippen LogP contribution in [0.15, 0.2) is 54.6 Å². The monoisotopic (exact) mass is 471 g/mol. The summed E-state index contributed by atoms with van der Waals surface area (Å²) in [5.74, 6) is -0.0605. The molecule has 9 nitrogen and oxygen atoms in total. The highest BCUT2D eigenvalue weighted by Crippen LogP contribution is 2.14. The standard InChI is InChI=1S/C23H25N3O6S/c1-30-17-9-7-16(8-10-17)21(28)25-23(33)26-12-11-24-22(29)19(26)15-20(27)32-14-13-31-18-5-3-2-4-6-18/h2-10,19H,11-15H2,1H3,(H,24,29)(H,25,28,33). The lowest BCUT2D eigenvalue weighted by atomic mass is 10.1. The molecular formula is C23H25N3O6S. The summed E-state index contributed by atoms with van der Waals surface area (Å²) in [7, 11) is 1.53. The molecule has 0 aliphatic carbocycles. The highest BCUT2D eigenvalue weighted by atomic mass is 32.1. The van der Waals surface area contributed by atoms with Crippen molar-refractivity contribution in [3.8, 4) is 11.5 Å². The van der Waals surface area contributed by atoms with Gasteiger partial charge in [-0.25, -0.2) is 0 Å². The van der Waals surface area contributed by atoms with Crippen LogP contribution in [0.2, 0.25) is 0 Å². The molecule has 174 valence electrons. The number of thiocarbonyl (C=S) groups is 1. The molecule has 10 heteroatoms. The van der Waals surface area contributed by atoms with E-state index in [0.717, 1.165) is 0 Å². The van der Waals surface area contributed by atoms with E-state index in [0.29, 0.717) is 30.2 Å². The van der Waals surface area contributed by atoms with Gasteiger partial charge in [-0.2, -0.15) is 0 Å². The van der Waals surface area contributed by atoms with Crippen molar-refractivity contribution in [2.75, 3.05) is 33.4 Å². The quantitative estimate of drug-likeness (QED) is 0.339. The number of nitrogens with one attached hydrogen (secondary N) is 2. The topological polar surface area (TPSA) is 106 Å². The predicted octanol–water partition coefficient (Wildman–Crippen LogP) is 1.52. The van der Waals surface area contributed by atoms with E-state index in [1.165, 1.54) is 12.0 Å². The molecule has 1 saturated heterocycles. The molecule has 1 aliphatic rings. The Hall–Kier alpha value is -3.66. The number of esters is 1. The van der Waals surface area contributed by atoms with E-state index in [1.807, 2.05) is 18.2 Å². The van der Waals surface area contributed by atoms with Crippen LogP contribution in [0.3, 0.4) is 0 Å². The van der Waals surface area contributed by atoms with Crippen LogP contribution in [-0.2, 0) is 14.3 Å². The van der Waals surface area contributed by atoms with E-state index in [4.69, 9.17) is 26.4 Å². The second kappa shape index (κ2) is 11.8. The van der Waals surface area contributed by atoms with Crippen molar-refractivity contribution in [1.82, 2.24) is 15.5 Å². The van der Waals surface area contributed by atoms with Gasteiger partial charge in [-0.1, -0.05) is 18.2 Å². The summed E-state index contributed by atoms with van der Waals surface area (Å²) in [5.41, 5.74) is 0.383. The summed E-state index contributed by atoms with van der Waals surface area (Å²) in [6, 6.07) is 14.8. The first-order valence-corrected chi connectivity index (χ1v) is 10.8. The highest BCUT2D eigenvalue weighted by molar-refractivity contribution is 7.80. The zero-order chi connectivity index (χ0) is 23.6. The summed E-state index contributed by atoms with van der Waals surface area (Å²) >= 11 is 5.36. The fraction of sp³-hybridized carbons (Fsp3) is 0.304. The minimum atomic E-state index is -0.884. The minimum Gasteiger partial charge on any atom is -0.497 e. The number of carbonyl (C=O) groups is 3. The van der Waals surface area contributed by atoms with Crippen molar-refractivity contribution < 1.29 is 28.6 Å². The number of para-hydroxylation sites is 1. The second-order valence-corrected chi connectivity index (χ2v) is 7.46. The van der Waals surface area contributed by atoms with Gasteiger partial charge < -0.3 is 24.4 Å².